The van der Waals surface area contributed by atoms with Crippen LogP contribution in [-0.4, -0.2) is 20.6 Å². The van der Waals surface area contributed by atoms with Crippen LogP contribution in [0, 0.1) is 0 Å². The minimum atomic E-state index is -0.754. The molecule has 0 heterocycles. The number of rotatable bonds is 6. The zero-order valence-electron chi connectivity index (χ0n) is 15.9. The lowest BCUT2D eigenvalue weighted by atomic mass is 10.2. The number of esters is 2. The summed E-state index contributed by atoms with van der Waals surface area (Å²) < 4.78 is 9.02. The van der Waals surface area contributed by atoms with Gasteiger partial charge in [0, 0.05) is 0 Å². The van der Waals surface area contributed by atoms with Crippen molar-refractivity contribution in [2.75, 3.05) is 0 Å². The van der Waals surface area contributed by atoms with E-state index in [-0.39, 0.29) is 11.9 Å². The molecule has 2 aromatic rings. The van der Waals surface area contributed by atoms with Crippen molar-refractivity contribution in [2.45, 2.75) is 36.3 Å². The van der Waals surface area contributed by atoms with E-state index in [1.54, 1.807) is 76.2 Å². The fourth-order valence-corrected chi connectivity index (χ4v) is 1.90. The first-order valence-corrected chi connectivity index (χ1v) is 9.98. The van der Waals surface area contributed by atoms with Crippen molar-refractivity contribution < 1.29 is 19.1 Å². The molecule has 0 saturated heterocycles. The first kappa shape index (κ1) is 22.2. The Bertz CT molecular complexity index is 792. The molecule has 2 aromatic carbocycles. The molecule has 0 fully saturated rings. The lowest BCUT2D eigenvalue weighted by Crippen LogP contribution is -2.29. The number of azo groups is 1. The monoisotopic (exact) mass is 510 g/mol. The fraction of sp³-hybridized carbons (Fsp3) is 0.300. The number of halogens is 2. The Morgan fingerprint density at radius 1 is 0.679 bits per heavy atom. The summed E-state index contributed by atoms with van der Waals surface area (Å²) in [6.45, 7) is 6.85. The second-order valence-corrected chi connectivity index (χ2v) is 10.9. The van der Waals surface area contributed by atoms with Crippen molar-refractivity contribution in [1.82, 2.24) is 0 Å². The first-order valence-electron chi connectivity index (χ1n) is 8.39. The lowest BCUT2D eigenvalue weighted by molar-refractivity contribution is -0.136. The van der Waals surface area contributed by atoms with Gasteiger partial charge in [0.25, 0.3) is 0 Å². The summed E-state index contributed by atoms with van der Waals surface area (Å²) >= 11 is 6.51. The summed E-state index contributed by atoms with van der Waals surface area (Å²) in [5, 5.41) is 8.27. The highest BCUT2D eigenvalue weighted by Gasteiger charge is 2.26. The third-order valence-electron chi connectivity index (χ3n) is 3.35. The van der Waals surface area contributed by atoms with Gasteiger partial charge in [-0.15, -0.1) is 0 Å². The summed E-state index contributed by atoms with van der Waals surface area (Å²) in [4.78, 5) is 23.7. The average Bonchev–Trinajstić information content (AvgIpc) is 2.60. The van der Waals surface area contributed by atoms with Crippen molar-refractivity contribution in [2.24, 2.45) is 10.2 Å². The highest BCUT2D eigenvalue weighted by atomic mass is 79.9. The Kier molecular flexibility index (Phi) is 7.11. The van der Waals surface area contributed by atoms with E-state index in [0.29, 0.717) is 22.9 Å². The molecular formula is C20H20Br2N2O4. The molecule has 0 bridgehead atoms. The molecule has 0 saturated carbocycles. The molecule has 8 heteroatoms. The van der Waals surface area contributed by atoms with E-state index in [1.807, 2.05) is 0 Å². The van der Waals surface area contributed by atoms with Crippen LogP contribution in [0.4, 0.5) is 11.4 Å². The number of alkyl halides is 2. The Morgan fingerprint density at radius 2 is 0.964 bits per heavy atom. The Morgan fingerprint density at radius 3 is 1.21 bits per heavy atom. The van der Waals surface area contributed by atoms with Crippen LogP contribution in [0.1, 0.15) is 27.7 Å². The number of hydrogen-bond acceptors (Lipinski definition) is 6. The van der Waals surface area contributed by atoms with Crippen molar-refractivity contribution in [3.63, 3.8) is 0 Å². The maximum absolute atomic E-state index is 11.8. The number of carbonyl (C=O) groups is 2. The van der Waals surface area contributed by atoms with Gasteiger partial charge in [-0.2, -0.15) is 10.2 Å². The largest absolute Gasteiger partial charge is 0.426 e. The maximum Gasteiger partial charge on any atom is 0.327 e. The third kappa shape index (κ3) is 6.83. The fourth-order valence-electron chi connectivity index (χ4n) is 1.73. The Labute approximate surface area is 180 Å². The summed E-state index contributed by atoms with van der Waals surface area (Å²) in [6.07, 6.45) is 0. The highest BCUT2D eigenvalue weighted by molar-refractivity contribution is 9.10. The van der Waals surface area contributed by atoms with E-state index in [1.165, 1.54) is 0 Å². The zero-order chi connectivity index (χ0) is 20.9. The van der Waals surface area contributed by atoms with Crippen molar-refractivity contribution >= 4 is 55.2 Å². The number of carbonyl (C=O) groups excluding carboxylic acids is 2. The number of nitrogens with zero attached hydrogens (tertiary/aromatic N) is 2. The van der Waals surface area contributed by atoms with E-state index in [0.717, 1.165) is 0 Å². The van der Waals surface area contributed by atoms with Gasteiger partial charge in [-0.25, -0.2) is 0 Å². The van der Waals surface area contributed by atoms with Crippen LogP contribution < -0.4 is 9.47 Å². The molecule has 0 unspecified atom stereocenters. The molecule has 0 aromatic heterocycles. The van der Waals surface area contributed by atoms with E-state index in [9.17, 15) is 9.59 Å². The number of ether oxygens (including phenoxy) is 2. The van der Waals surface area contributed by atoms with E-state index in [4.69, 9.17) is 9.47 Å². The minimum Gasteiger partial charge on any atom is -0.426 e. The van der Waals surface area contributed by atoms with Crippen molar-refractivity contribution in [3.05, 3.63) is 48.5 Å². The van der Waals surface area contributed by atoms with Crippen LogP contribution in [0.15, 0.2) is 58.8 Å². The van der Waals surface area contributed by atoms with Crippen LogP contribution in [0.25, 0.3) is 0 Å². The average molecular weight is 512 g/mol. The SMILES string of the molecule is CC(C)(Br)C(=O)Oc1ccc(N=Nc2ccc(OC(=O)C(C)(C)Br)cc2)cc1. The van der Waals surface area contributed by atoms with Gasteiger partial charge < -0.3 is 9.47 Å². The normalized spacial score (nSPS) is 12.1. The quantitative estimate of drug-likeness (QED) is 0.198. The van der Waals surface area contributed by atoms with Crippen molar-refractivity contribution in [1.29, 1.82) is 0 Å². The molecule has 0 aliphatic heterocycles. The predicted octanol–water partition coefficient (Wildman–Crippen LogP) is 6.26. The van der Waals surface area contributed by atoms with Gasteiger partial charge in [-0.3, -0.25) is 9.59 Å². The molecule has 6 nitrogen and oxygen atoms in total. The van der Waals surface area contributed by atoms with Crippen LogP contribution in [0.2, 0.25) is 0 Å². The van der Waals surface area contributed by atoms with Crippen LogP contribution >= 0.6 is 31.9 Å². The summed E-state index contributed by atoms with van der Waals surface area (Å²) in [5.74, 6) is 0.0895. The van der Waals surface area contributed by atoms with Gasteiger partial charge in [0.15, 0.2) is 0 Å². The van der Waals surface area contributed by atoms with Crippen LogP contribution in [0.5, 0.6) is 11.5 Å². The number of benzene rings is 2. The summed E-state index contributed by atoms with van der Waals surface area (Å²) in [5.41, 5.74) is 1.21. The van der Waals surface area contributed by atoms with Gasteiger partial charge in [0.1, 0.15) is 20.1 Å². The predicted molar refractivity (Wildman–Crippen MR) is 114 cm³/mol. The van der Waals surface area contributed by atoms with Gasteiger partial charge in [0.2, 0.25) is 0 Å². The standard InChI is InChI=1S/C20H20Br2N2O4/c1-19(2,21)17(25)27-15-9-5-13(6-10-15)23-24-14-7-11-16(12-8-14)28-18(26)20(3,4)22/h5-12H,1-4H3. The molecule has 0 N–H and O–H groups in total. The molecule has 0 atom stereocenters. The summed E-state index contributed by atoms with van der Waals surface area (Å²) in [6, 6.07) is 13.4. The van der Waals surface area contributed by atoms with Crippen molar-refractivity contribution in [3.8, 4) is 11.5 Å². The maximum atomic E-state index is 11.8. The molecule has 0 radical (unpaired) electrons. The van der Waals surface area contributed by atoms with Gasteiger partial charge >= 0.3 is 11.9 Å². The minimum absolute atomic E-state index is 0.383. The van der Waals surface area contributed by atoms with E-state index >= 15 is 0 Å². The van der Waals surface area contributed by atoms with Gasteiger partial charge in [-0.1, -0.05) is 31.9 Å². The second-order valence-electron chi connectivity index (χ2n) is 6.91. The summed E-state index contributed by atoms with van der Waals surface area (Å²) in [7, 11) is 0. The smallest absolute Gasteiger partial charge is 0.327 e. The highest BCUT2D eigenvalue weighted by Crippen LogP contribution is 2.26. The topological polar surface area (TPSA) is 77.3 Å². The molecule has 0 spiro atoms. The Hall–Kier alpha value is -2.06. The van der Waals surface area contributed by atoms with Gasteiger partial charge in [0.05, 0.1) is 11.4 Å². The molecule has 28 heavy (non-hydrogen) atoms. The molecule has 0 amide bonds. The first-order chi connectivity index (χ1) is 12.9. The van der Waals surface area contributed by atoms with Crippen LogP contribution in [-0.2, 0) is 9.59 Å². The zero-order valence-corrected chi connectivity index (χ0v) is 19.1. The van der Waals surface area contributed by atoms with E-state index in [2.05, 4.69) is 42.1 Å². The van der Waals surface area contributed by atoms with Gasteiger partial charge in [-0.05, 0) is 76.2 Å². The molecule has 0 aliphatic rings. The molecule has 148 valence electrons. The lowest BCUT2D eigenvalue weighted by Gasteiger charge is -2.14. The third-order valence-corrected chi connectivity index (χ3v) is 3.99. The Balaban J connectivity index is 1.98. The van der Waals surface area contributed by atoms with Crippen LogP contribution in [0.3, 0.4) is 0 Å². The number of hydrogen-bond donors (Lipinski definition) is 0. The molecule has 0 aliphatic carbocycles. The second kappa shape index (κ2) is 8.96. The molecule has 2 rings (SSSR count). The van der Waals surface area contributed by atoms with E-state index < -0.39 is 8.65 Å². The molecular weight excluding hydrogens is 492 g/mol.